The number of nitrogens with zero attached hydrogens (tertiary/aromatic N) is 1. The lowest BCUT2D eigenvalue weighted by atomic mass is 9.82. The summed E-state index contributed by atoms with van der Waals surface area (Å²) in [5.74, 6) is 0. The molecule has 79 heteroatoms. The molecule has 704 valence electrons. The van der Waals surface area contributed by atoms with Crippen molar-refractivity contribution in [2.75, 3.05) is 4.90 Å². The van der Waals surface area contributed by atoms with Crippen LogP contribution < -0.4 is 4.90 Å². The number of fused-ring (bicyclic) bond motifs is 9. The van der Waals surface area contributed by atoms with Crippen molar-refractivity contribution < 1.29 is 4.42 Å². The highest BCUT2D eigenvalue weighted by Crippen LogP contribution is 3.52. The molecule has 1 aromatic heterocycles. The van der Waals surface area contributed by atoms with Gasteiger partial charge in [-0.25, -0.2) is 0 Å². The Kier molecular flexibility index (Phi) is 72.0. The zero-order valence-corrected chi connectivity index (χ0v) is 147. The molecule has 0 N–H and O–H groups in total. The van der Waals surface area contributed by atoms with E-state index in [2.05, 4.69) is 520 Å². The van der Waals surface area contributed by atoms with Crippen LogP contribution in [0.5, 0.6) is 0 Å². The molecule has 0 spiro atoms. The van der Waals surface area contributed by atoms with Gasteiger partial charge in [0.15, 0.2) is 0 Å². The lowest BCUT2D eigenvalue weighted by Crippen LogP contribution is -2.16. The average Bonchev–Trinajstić information content (AvgIpc) is 1.70. The van der Waals surface area contributed by atoms with E-state index in [-0.39, 0.29) is 248 Å². The molecule has 1 heterocycles. The van der Waals surface area contributed by atoms with Crippen LogP contribution in [0.3, 0.4) is 0 Å². The summed E-state index contributed by atoms with van der Waals surface area (Å²) in [5, 5.41) is 2.28. The number of hydrogen-bond donors (Lipinski definition) is 0. The third kappa shape index (κ3) is 36.0. The molecule has 44 atom stereocenters. The summed E-state index contributed by atoms with van der Waals surface area (Å²) in [6.45, 7) is -2.55. The fraction of sp³-hybridized carbons (Fsp3) is 0.125. The molecule has 0 bridgehead atoms. The molecule has 8 aromatic rings. The van der Waals surface area contributed by atoms with Gasteiger partial charge >= 0.3 is 0 Å². The minimum Gasteiger partial charge on any atom is -0.456 e. The Balaban J connectivity index is 0.000000309. The van der Waals surface area contributed by atoms with Crippen LogP contribution in [0.4, 0.5) is 17.1 Å². The van der Waals surface area contributed by atoms with Gasteiger partial charge in [0, 0.05) is 38.5 Å². The van der Waals surface area contributed by atoms with Crippen LogP contribution in [0.25, 0.3) is 55.3 Å². The Morgan fingerprint density at radius 2 is 0.480 bits per heavy atom. The number of furan rings is 1. The highest BCUT2D eigenvalue weighted by atomic mass is 33.6. The van der Waals surface area contributed by atoms with E-state index in [1.807, 2.05) is 12.1 Å². The SMILES string of the molecule is CC1(C)c2ccccc2-c2cc(N(c3ccc4c(c3)-c3ccccc3C4(C)C)c3ccccc3-c3ccc4c(c3)oc3ccccc34)ccc21.PPP(P(P)P)P(P(P(P)P)P(P)P)P(P(P(P(P)P)P(P)P)P(P(P)P)P(P)P)P(P(P(P(P)P)P(P)P)P(P(P)P)P(P)P)P(P(P(P(P)P)P(P)P)P(P(P)P)P(P)P)P(P(P(P)P)P(P)P)P(P(P)P)P(P)P. The fourth-order valence-corrected chi connectivity index (χ4v) is 1140. The minimum atomic E-state index is -0.426. The van der Waals surface area contributed by atoms with Gasteiger partial charge in [0.1, 0.15) is 11.2 Å². The summed E-state index contributed by atoms with van der Waals surface area (Å²) < 4.78 is 6.38. The fourth-order valence-electron chi connectivity index (χ4n) is 13.6. The summed E-state index contributed by atoms with van der Waals surface area (Å²) >= 11 is 0. The minimum absolute atomic E-state index is 0.0575. The molecule has 0 amide bonds. The number of hydrogen-bond acceptors (Lipinski definition) is 2. The number of para-hydroxylation sites is 2. The molecular weight excluding hydrogens is 2990 g/mol. The summed E-state index contributed by atoms with van der Waals surface area (Å²) in [6, 6.07) is 55.7. The lowest BCUT2D eigenvalue weighted by molar-refractivity contribution is 0.660. The highest BCUT2D eigenvalue weighted by molar-refractivity contribution is 9.57. The molecule has 2 aliphatic carbocycles. The molecule has 127 heavy (non-hydrogen) atoms. The third-order valence-corrected chi connectivity index (χ3v) is 561. The zero-order chi connectivity index (χ0) is 94.8. The van der Waals surface area contributed by atoms with Crippen LogP contribution >= 0.6 is 615 Å². The second kappa shape index (κ2) is 66.4. The molecule has 2 nitrogen and oxygen atoms in total. The van der Waals surface area contributed by atoms with Crippen molar-refractivity contribution in [3.8, 4) is 33.4 Å². The molecule has 0 saturated carbocycles. The standard InChI is InChI=1S/C48H37NO.H79P77/c1-47(2)40-17-9-5-14-34(40)38-28-31(22-25-42(38)47)49(32-23-26-43-39(29-32)35-15-6-10-18-41(35)48(43,3)4)44-19-11-7-13-33(44)30-21-24-37-36-16-8-12-20-45(36)50-46(37)27-30;1-40-60(41(2)3)70(61(42(4)5)43(6)7)75(71(62(44(8)9)45(10)11)63(46(12)13)47(14)15)77(74(68(56(32)33)57(34)35)69(58(36)37)59(38)39)76(72(64(48(16)17)49(18)19)65(50(20)21)51(22)23)73(66(52(24)25)53(26)27)67(54(28)29)55(30)31/h5-29H,1-4H3;40H,1-39H2. The smallest absolute Gasteiger partial charge is 0.136 e. The predicted molar refractivity (Wildman–Crippen MR) is 852 cm³/mol. The van der Waals surface area contributed by atoms with E-state index in [0.717, 1.165) is 58.1 Å². The van der Waals surface area contributed by atoms with Gasteiger partial charge < -0.3 is 9.32 Å². The number of benzene rings is 7. The van der Waals surface area contributed by atoms with E-state index >= 15 is 0 Å². The van der Waals surface area contributed by atoms with E-state index in [9.17, 15) is 0 Å². The summed E-state index contributed by atoms with van der Waals surface area (Å²) in [5.41, 5.74) is 18.1. The van der Waals surface area contributed by atoms with Crippen LogP contribution in [0.2, 0.25) is 0 Å². The number of rotatable bonds is 41. The first-order valence-electron chi connectivity index (χ1n) is 35.1. The first-order chi connectivity index (χ1) is 59.4. The third-order valence-electron chi connectivity index (χ3n) is 18.3. The Hall–Kier alpha value is 27.2. The second-order valence-electron chi connectivity index (χ2n) is 27.2. The maximum atomic E-state index is 6.38. The van der Waals surface area contributed by atoms with Gasteiger partial charge in [0.05, 0.1) is 5.69 Å². The van der Waals surface area contributed by atoms with E-state index in [1.165, 1.54) is 44.5 Å². The average molecular weight is 3110 g/mol. The van der Waals surface area contributed by atoms with Crippen LogP contribution in [0, 0.1) is 0 Å². The van der Waals surface area contributed by atoms with Gasteiger partial charge in [-0.2, -0.15) is 0 Å². The van der Waals surface area contributed by atoms with Crippen LogP contribution in [-0.4, -0.2) is 0 Å². The first-order valence-corrected chi connectivity index (χ1v) is 175. The molecule has 10 rings (SSSR count). The van der Waals surface area contributed by atoms with Gasteiger partial charge in [-0.05, 0) is 357 Å². The largest absolute Gasteiger partial charge is 0.456 e. The van der Waals surface area contributed by atoms with Crippen molar-refractivity contribution in [1.82, 2.24) is 0 Å². The highest BCUT2D eigenvalue weighted by Gasteiger charge is 2.65. The van der Waals surface area contributed by atoms with E-state index in [0.29, 0.717) is 0 Å². The molecule has 7 aromatic carbocycles. The topological polar surface area (TPSA) is 16.4 Å². The van der Waals surface area contributed by atoms with Crippen molar-refractivity contribution in [2.24, 2.45) is 0 Å². The van der Waals surface area contributed by atoms with Gasteiger partial charge in [-0.1, -0.05) is 139 Å². The summed E-state index contributed by atoms with van der Waals surface area (Å²) in [4.78, 5) is 2.46. The van der Waals surface area contributed by atoms with Crippen LogP contribution in [0.15, 0.2) is 156 Å². The Labute approximate surface area is 896 Å². The monoisotopic (exact) mass is 3110 g/mol. The quantitative estimate of drug-likeness (QED) is 0.0355. The lowest BCUT2D eigenvalue weighted by Gasteiger charge is -2.62. The summed E-state index contributed by atoms with van der Waals surface area (Å²) in [6.07, 6.45) is 0. The maximum absolute atomic E-state index is 6.38. The molecule has 0 fully saturated rings. The van der Waals surface area contributed by atoms with Crippen molar-refractivity contribution in [1.29, 1.82) is 0 Å². The molecular formula is C48H116NOP77. The normalized spacial score (nSPS) is 15.6. The van der Waals surface area contributed by atoms with Gasteiger partial charge in [-0.15, -0.1) is 348 Å². The van der Waals surface area contributed by atoms with Crippen LogP contribution in [-0.2, 0) is 10.8 Å². The van der Waals surface area contributed by atoms with Crippen molar-refractivity contribution in [2.45, 2.75) is 38.5 Å². The first kappa shape index (κ1) is 138. The van der Waals surface area contributed by atoms with E-state index in [4.69, 9.17) is 4.42 Å². The molecule has 0 saturated heterocycles. The van der Waals surface area contributed by atoms with E-state index in [1.54, 1.807) is 0 Å². The van der Waals surface area contributed by atoms with Gasteiger partial charge in [0.2, 0.25) is 0 Å². The van der Waals surface area contributed by atoms with Crippen molar-refractivity contribution in [3.63, 3.8) is 0 Å². The number of anilines is 3. The van der Waals surface area contributed by atoms with Crippen LogP contribution in [0.1, 0.15) is 49.9 Å². The van der Waals surface area contributed by atoms with E-state index < -0.39 is 21.0 Å². The molecule has 2 aliphatic rings. The maximum Gasteiger partial charge on any atom is 0.136 e. The Morgan fingerprint density at radius 1 is 0.228 bits per heavy atom. The molecule has 44 unspecified atom stereocenters. The Morgan fingerprint density at radius 3 is 0.787 bits per heavy atom. The van der Waals surface area contributed by atoms with Crippen molar-refractivity contribution >= 4 is 654 Å². The van der Waals surface area contributed by atoms with Gasteiger partial charge in [-0.3, -0.25) is 0 Å². The zero-order valence-electron chi connectivity index (χ0n) is 68.4. The molecule has 0 aliphatic heterocycles. The summed E-state index contributed by atoms with van der Waals surface area (Å²) in [7, 11) is 144. The predicted octanol–water partition coefficient (Wildman–Crippen LogP) is 58.5. The second-order valence-corrected chi connectivity index (χ2v) is 344. The van der Waals surface area contributed by atoms with Crippen molar-refractivity contribution in [3.05, 3.63) is 174 Å². The Bertz CT molecular complexity index is 4550. The molecule has 0 radical (unpaired) electrons. The van der Waals surface area contributed by atoms with Gasteiger partial charge in [0.25, 0.3) is 0 Å².